The molecule has 0 aromatic heterocycles. The molecular formula is C9H7FO3S. The molecule has 0 fully saturated rings. The van der Waals surface area contributed by atoms with Gasteiger partial charge in [-0.2, -0.15) is 8.42 Å². The van der Waals surface area contributed by atoms with Crippen molar-refractivity contribution in [3.05, 3.63) is 29.3 Å². The van der Waals surface area contributed by atoms with Gasteiger partial charge in [-0.15, -0.1) is 3.89 Å². The van der Waals surface area contributed by atoms with E-state index in [-0.39, 0.29) is 17.1 Å². The Balaban J connectivity index is 2.73. The number of rotatable bonds is 1. The maximum Gasteiger partial charge on any atom is 0.332 e. The van der Waals surface area contributed by atoms with Crippen LogP contribution in [0, 0.1) is 0 Å². The quantitative estimate of drug-likeness (QED) is 0.665. The second-order valence-corrected chi connectivity index (χ2v) is 4.46. The van der Waals surface area contributed by atoms with Crippen molar-refractivity contribution >= 4 is 16.0 Å². The summed E-state index contributed by atoms with van der Waals surface area (Å²) in [6, 6.07) is 4.10. The van der Waals surface area contributed by atoms with Gasteiger partial charge in [-0.05, 0) is 18.1 Å². The van der Waals surface area contributed by atoms with Gasteiger partial charge in [0.2, 0.25) is 0 Å². The lowest BCUT2D eigenvalue weighted by Gasteiger charge is -2.01. The Morgan fingerprint density at radius 3 is 2.57 bits per heavy atom. The normalized spacial score (nSPS) is 15.6. The number of hydrogen-bond acceptors (Lipinski definition) is 3. The minimum Gasteiger partial charge on any atom is -0.294 e. The van der Waals surface area contributed by atoms with E-state index in [1.54, 1.807) is 0 Å². The van der Waals surface area contributed by atoms with Crippen LogP contribution in [0.15, 0.2) is 23.1 Å². The lowest BCUT2D eigenvalue weighted by Crippen LogP contribution is -1.99. The number of carbonyl (C=O) groups excluding carboxylic acids is 1. The highest BCUT2D eigenvalue weighted by molar-refractivity contribution is 7.86. The highest BCUT2D eigenvalue weighted by Crippen LogP contribution is 2.28. The predicted molar refractivity (Wildman–Crippen MR) is 47.4 cm³/mol. The van der Waals surface area contributed by atoms with Crippen molar-refractivity contribution in [3.63, 3.8) is 0 Å². The number of fused-ring (bicyclic) bond motifs is 1. The Kier molecular flexibility index (Phi) is 1.92. The minimum absolute atomic E-state index is 0.120. The summed E-state index contributed by atoms with van der Waals surface area (Å²) in [6.07, 6.45) is 0.579. The van der Waals surface area contributed by atoms with E-state index >= 15 is 0 Å². The minimum atomic E-state index is -4.70. The lowest BCUT2D eigenvalue weighted by molar-refractivity contribution is 0.0994. The maximum atomic E-state index is 12.8. The number of Topliss-reactive ketones (excluding diaryl/α,β-unsaturated/α-hetero) is 1. The molecule has 1 aromatic rings. The molecule has 0 heterocycles. The van der Waals surface area contributed by atoms with Crippen LogP contribution >= 0.6 is 0 Å². The number of ketones is 1. The van der Waals surface area contributed by atoms with Crippen LogP contribution in [0.5, 0.6) is 0 Å². The summed E-state index contributed by atoms with van der Waals surface area (Å²) >= 11 is 0. The van der Waals surface area contributed by atoms with Crippen molar-refractivity contribution in [2.24, 2.45) is 0 Å². The van der Waals surface area contributed by atoms with Crippen LogP contribution in [0.25, 0.3) is 0 Å². The molecule has 0 amide bonds. The van der Waals surface area contributed by atoms with Gasteiger partial charge in [-0.25, -0.2) is 0 Å². The highest BCUT2D eigenvalue weighted by atomic mass is 32.3. The van der Waals surface area contributed by atoms with E-state index in [1.807, 2.05) is 0 Å². The Morgan fingerprint density at radius 2 is 1.93 bits per heavy atom. The number of benzene rings is 1. The molecule has 14 heavy (non-hydrogen) atoms. The summed E-state index contributed by atoms with van der Waals surface area (Å²) in [7, 11) is -4.70. The summed E-state index contributed by atoms with van der Waals surface area (Å²) in [5.74, 6) is -0.120. The largest absolute Gasteiger partial charge is 0.332 e. The third-order valence-electron chi connectivity index (χ3n) is 2.30. The molecule has 0 unspecified atom stereocenters. The molecule has 0 atom stereocenters. The first kappa shape index (κ1) is 9.33. The van der Waals surface area contributed by atoms with Crippen LogP contribution in [-0.4, -0.2) is 14.2 Å². The number of hydrogen-bond donors (Lipinski definition) is 0. The zero-order valence-electron chi connectivity index (χ0n) is 7.16. The van der Waals surface area contributed by atoms with Gasteiger partial charge < -0.3 is 0 Å². The third-order valence-corrected chi connectivity index (χ3v) is 3.21. The molecule has 0 spiro atoms. The first-order valence-electron chi connectivity index (χ1n) is 4.10. The smallest absolute Gasteiger partial charge is 0.294 e. The van der Waals surface area contributed by atoms with E-state index in [4.69, 9.17) is 0 Å². The first-order chi connectivity index (χ1) is 6.50. The monoisotopic (exact) mass is 214 g/mol. The molecule has 2 rings (SSSR count). The summed E-state index contributed by atoms with van der Waals surface area (Å²) in [6.45, 7) is 0. The Hall–Kier alpha value is -1.23. The Bertz CT molecular complexity index is 505. The molecule has 1 aromatic carbocycles. The molecule has 3 nitrogen and oxygen atoms in total. The fourth-order valence-corrected chi connectivity index (χ4v) is 2.43. The van der Waals surface area contributed by atoms with Crippen LogP contribution in [0.2, 0.25) is 0 Å². The topological polar surface area (TPSA) is 51.2 Å². The number of carbonyl (C=O) groups is 1. The van der Waals surface area contributed by atoms with Gasteiger partial charge in [0.05, 0.1) is 0 Å². The Morgan fingerprint density at radius 1 is 1.21 bits per heavy atom. The second kappa shape index (κ2) is 2.88. The molecule has 1 aliphatic rings. The van der Waals surface area contributed by atoms with E-state index in [1.165, 1.54) is 18.2 Å². The zero-order chi connectivity index (χ0) is 10.3. The SMILES string of the molecule is O=C1CCc2c1cccc2S(=O)(=O)F. The van der Waals surface area contributed by atoms with Gasteiger partial charge in [-0.1, -0.05) is 12.1 Å². The molecular weight excluding hydrogens is 207 g/mol. The van der Waals surface area contributed by atoms with Crippen LogP contribution < -0.4 is 0 Å². The third kappa shape index (κ3) is 1.33. The van der Waals surface area contributed by atoms with Crippen molar-refractivity contribution < 1.29 is 17.1 Å². The van der Waals surface area contributed by atoms with Gasteiger partial charge in [0.25, 0.3) is 0 Å². The molecule has 0 saturated heterocycles. The predicted octanol–water partition coefficient (Wildman–Crippen LogP) is 1.47. The van der Waals surface area contributed by atoms with Crippen molar-refractivity contribution in [1.29, 1.82) is 0 Å². The number of halogens is 1. The molecule has 0 aliphatic heterocycles. The second-order valence-electron chi connectivity index (χ2n) is 3.14. The lowest BCUT2D eigenvalue weighted by atomic mass is 10.1. The summed E-state index contributed by atoms with van der Waals surface area (Å²) in [4.78, 5) is 10.9. The van der Waals surface area contributed by atoms with Crippen molar-refractivity contribution in [2.75, 3.05) is 0 Å². The van der Waals surface area contributed by atoms with Gasteiger partial charge in [0, 0.05) is 12.0 Å². The fourth-order valence-electron chi connectivity index (χ4n) is 1.69. The first-order valence-corrected chi connectivity index (χ1v) is 5.48. The van der Waals surface area contributed by atoms with E-state index < -0.39 is 10.2 Å². The molecule has 0 saturated carbocycles. The average molecular weight is 214 g/mol. The average Bonchev–Trinajstić information content (AvgIpc) is 2.46. The van der Waals surface area contributed by atoms with Gasteiger partial charge >= 0.3 is 10.2 Å². The van der Waals surface area contributed by atoms with E-state index in [9.17, 15) is 17.1 Å². The van der Waals surface area contributed by atoms with Gasteiger partial charge in [0.15, 0.2) is 5.78 Å². The van der Waals surface area contributed by atoms with E-state index in [0.717, 1.165) is 0 Å². The zero-order valence-corrected chi connectivity index (χ0v) is 7.97. The van der Waals surface area contributed by atoms with Gasteiger partial charge in [-0.3, -0.25) is 4.79 Å². The molecule has 0 radical (unpaired) electrons. The standard InChI is InChI=1S/C9H7FO3S/c10-14(12,13)9-3-1-2-6-7(9)4-5-8(6)11/h1-3H,4-5H2. The fraction of sp³-hybridized carbons (Fsp3) is 0.222. The molecule has 74 valence electrons. The van der Waals surface area contributed by atoms with E-state index in [2.05, 4.69) is 0 Å². The van der Waals surface area contributed by atoms with Crippen molar-refractivity contribution in [1.82, 2.24) is 0 Å². The summed E-state index contributed by atoms with van der Waals surface area (Å²) < 4.78 is 34.2. The maximum absolute atomic E-state index is 12.8. The van der Waals surface area contributed by atoms with Crippen LogP contribution in [0.3, 0.4) is 0 Å². The van der Waals surface area contributed by atoms with Crippen molar-refractivity contribution in [2.45, 2.75) is 17.7 Å². The summed E-state index contributed by atoms with van der Waals surface area (Å²) in [5, 5.41) is 0. The molecule has 0 N–H and O–H groups in total. The van der Waals surface area contributed by atoms with Crippen LogP contribution in [-0.2, 0) is 16.6 Å². The molecule has 0 bridgehead atoms. The molecule has 5 heteroatoms. The summed E-state index contributed by atoms with van der Waals surface area (Å²) in [5.41, 5.74) is 0.656. The highest BCUT2D eigenvalue weighted by Gasteiger charge is 2.27. The van der Waals surface area contributed by atoms with Gasteiger partial charge in [0.1, 0.15) is 4.90 Å². The molecule has 1 aliphatic carbocycles. The Labute approximate surface area is 80.8 Å². The van der Waals surface area contributed by atoms with E-state index in [0.29, 0.717) is 17.5 Å². The van der Waals surface area contributed by atoms with Crippen LogP contribution in [0.4, 0.5) is 3.89 Å². The van der Waals surface area contributed by atoms with Crippen molar-refractivity contribution in [3.8, 4) is 0 Å². The van der Waals surface area contributed by atoms with Crippen LogP contribution in [0.1, 0.15) is 22.3 Å².